The maximum atomic E-state index is 10.9. The van der Waals surface area contributed by atoms with Gasteiger partial charge in [0.25, 0.3) is 0 Å². The predicted molar refractivity (Wildman–Crippen MR) is 55.9 cm³/mol. The Bertz CT molecular complexity index is 403. The van der Waals surface area contributed by atoms with Gasteiger partial charge in [-0.1, -0.05) is 23.7 Å². The van der Waals surface area contributed by atoms with E-state index in [1.165, 1.54) is 0 Å². The summed E-state index contributed by atoms with van der Waals surface area (Å²) >= 11 is 5.97. The van der Waals surface area contributed by atoms with Crippen LogP contribution < -0.4 is 0 Å². The molecule has 1 aliphatic rings. The van der Waals surface area contributed by atoms with Crippen molar-refractivity contribution in [3.8, 4) is 0 Å². The highest BCUT2D eigenvalue weighted by molar-refractivity contribution is 6.31. The minimum absolute atomic E-state index is 0.267. The molecule has 1 aromatic carbocycles. The summed E-state index contributed by atoms with van der Waals surface area (Å²) in [6, 6.07) is 5.28. The first kappa shape index (κ1) is 10.5. The maximum absolute atomic E-state index is 10.9. The Morgan fingerprint density at radius 2 is 2.20 bits per heavy atom. The third kappa shape index (κ3) is 1.85. The molecule has 0 saturated heterocycles. The first-order valence-electron chi connectivity index (χ1n) is 4.77. The van der Waals surface area contributed by atoms with Gasteiger partial charge >= 0.3 is 5.97 Å². The first-order valence-corrected chi connectivity index (χ1v) is 5.15. The molecule has 0 radical (unpaired) electrons. The molecule has 2 N–H and O–H groups in total. The van der Waals surface area contributed by atoms with E-state index in [9.17, 15) is 9.90 Å². The quantitative estimate of drug-likeness (QED) is 0.770. The second-order valence-electron chi connectivity index (χ2n) is 3.80. The van der Waals surface area contributed by atoms with Gasteiger partial charge in [0.15, 0.2) is 0 Å². The predicted octanol–water partition coefficient (Wildman–Crippen LogP) is 2.02. The molecule has 2 atom stereocenters. The molecule has 0 fully saturated rings. The van der Waals surface area contributed by atoms with Crippen LogP contribution in [0.4, 0.5) is 0 Å². The van der Waals surface area contributed by atoms with E-state index in [1.807, 2.05) is 0 Å². The van der Waals surface area contributed by atoms with Gasteiger partial charge in [-0.15, -0.1) is 0 Å². The highest BCUT2D eigenvalue weighted by Gasteiger charge is 2.30. The molecule has 15 heavy (non-hydrogen) atoms. The van der Waals surface area contributed by atoms with Crippen molar-refractivity contribution in [2.24, 2.45) is 5.92 Å². The van der Waals surface area contributed by atoms with E-state index < -0.39 is 18.0 Å². The molecular formula is C11H11ClO3. The lowest BCUT2D eigenvalue weighted by molar-refractivity contribution is -0.143. The van der Waals surface area contributed by atoms with Gasteiger partial charge in [-0.2, -0.15) is 0 Å². The van der Waals surface area contributed by atoms with E-state index in [4.69, 9.17) is 16.7 Å². The van der Waals surface area contributed by atoms with Crippen LogP contribution in [0, 0.1) is 5.92 Å². The van der Waals surface area contributed by atoms with Crippen LogP contribution in [-0.2, 0) is 11.2 Å². The fourth-order valence-electron chi connectivity index (χ4n) is 2.02. The highest BCUT2D eigenvalue weighted by atomic mass is 35.5. The summed E-state index contributed by atoms with van der Waals surface area (Å²) in [5, 5.41) is 19.2. The van der Waals surface area contributed by atoms with Gasteiger partial charge in [0.1, 0.15) is 0 Å². The van der Waals surface area contributed by atoms with Crippen LogP contribution in [0.15, 0.2) is 18.2 Å². The molecule has 0 amide bonds. The van der Waals surface area contributed by atoms with Crippen LogP contribution in [0.3, 0.4) is 0 Å². The summed E-state index contributed by atoms with van der Waals surface area (Å²) in [6.07, 6.45) is -0.0436. The van der Waals surface area contributed by atoms with E-state index >= 15 is 0 Å². The molecule has 0 aliphatic heterocycles. The zero-order valence-corrected chi connectivity index (χ0v) is 8.74. The fourth-order valence-corrected chi connectivity index (χ4v) is 2.28. The van der Waals surface area contributed by atoms with E-state index in [0.717, 1.165) is 11.1 Å². The number of hydrogen-bond donors (Lipinski definition) is 2. The van der Waals surface area contributed by atoms with Crippen molar-refractivity contribution in [1.82, 2.24) is 0 Å². The number of hydrogen-bond acceptors (Lipinski definition) is 2. The van der Waals surface area contributed by atoms with Crippen LogP contribution in [0.5, 0.6) is 0 Å². The van der Waals surface area contributed by atoms with Crippen LogP contribution in [0.1, 0.15) is 23.7 Å². The summed E-state index contributed by atoms with van der Waals surface area (Å²) in [4.78, 5) is 10.9. The molecule has 1 aromatic rings. The van der Waals surface area contributed by atoms with E-state index in [-0.39, 0.29) is 6.42 Å². The molecule has 0 saturated carbocycles. The molecule has 80 valence electrons. The molecule has 0 aromatic heterocycles. The zero-order chi connectivity index (χ0) is 11.0. The molecule has 0 spiro atoms. The van der Waals surface area contributed by atoms with Gasteiger partial charge in [-0.3, -0.25) is 4.79 Å². The molecular weight excluding hydrogens is 216 g/mol. The Labute approximate surface area is 92.3 Å². The third-order valence-electron chi connectivity index (χ3n) is 2.82. The van der Waals surface area contributed by atoms with Crippen LogP contribution >= 0.6 is 11.6 Å². The minimum atomic E-state index is -0.875. The smallest absolute Gasteiger partial charge is 0.306 e. The lowest BCUT2D eigenvalue weighted by Gasteiger charge is -2.26. The van der Waals surface area contributed by atoms with E-state index in [0.29, 0.717) is 11.4 Å². The Hall–Kier alpha value is -1.06. The number of fused-ring (bicyclic) bond motifs is 1. The fraction of sp³-hybridized carbons (Fsp3) is 0.364. The van der Waals surface area contributed by atoms with Crippen molar-refractivity contribution < 1.29 is 15.0 Å². The second-order valence-corrected chi connectivity index (χ2v) is 4.21. The Morgan fingerprint density at radius 1 is 1.47 bits per heavy atom. The number of aliphatic hydroxyl groups excluding tert-OH is 1. The third-order valence-corrected chi connectivity index (χ3v) is 3.18. The van der Waals surface area contributed by atoms with Crippen LogP contribution in [-0.4, -0.2) is 16.2 Å². The molecule has 4 heteroatoms. The lowest BCUT2D eigenvalue weighted by Crippen LogP contribution is -2.25. The molecule has 2 unspecified atom stereocenters. The number of rotatable bonds is 1. The normalized spacial score (nSPS) is 24.7. The van der Waals surface area contributed by atoms with Gasteiger partial charge in [-0.05, 0) is 30.0 Å². The largest absolute Gasteiger partial charge is 0.481 e. The Morgan fingerprint density at radius 3 is 2.87 bits per heavy atom. The summed E-state index contributed by atoms with van der Waals surface area (Å²) in [5.41, 5.74) is 1.53. The van der Waals surface area contributed by atoms with Gasteiger partial charge in [0.2, 0.25) is 0 Å². The number of aliphatic hydroxyl groups is 1. The highest BCUT2D eigenvalue weighted by Crippen LogP contribution is 2.36. The molecule has 0 heterocycles. The van der Waals surface area contributed by atoms with E-state index in [1.54, 1.807) is 18.2 Å². The van der Waals surface area contributed by atoms with Crippen molar-refractivity contribution in [3.05, 3.63) is 34.3 Å². The average molecular weight is 227 g/mol. The van der Waals surface area contributed by atoms with Crippen molar-refractivity contribution in [2.75, 3.05) is 0 Å². The lowest BCUT2D eigenvalue weighted by atomic mass is 9.82. The number of carboxylic acids is 1. The SMILES string of the molecule is O=C(O)C1Cc2c(Cl)cccc2C(O)C1. The van der Waals surface area contributed by atoms with Gasteiger partial charge in [0, 0.05) is 5.02 Å². The zero-order valence-electron chi connectivity index (χ0n) is 7.98. The summed E-state index contributed by atoms with van der Waals surface area (Å²) in [7, 11) is 0. The standard InChI is InChI=1S/C11H11ClO3/c12-9-3-1-2-7-8(9)4-6(11(14)15)5-10(7)13/h1-3,6,10,13H,4-5H2,(H,14,15). The van der Waals surface area contributed by atoms with Crippen molar-refractivity contribution in [3.63, 3.8) is 0 Å². The number of carbonyl (C=O) groups is 1. The van der Waals surface area contributed by atoms with E-state index in [2.05, 4.69) is 0 Å². The number of aliphatic carboxylic acids is 1. The number of carboxylic acid groups (broad SMARTS) is 1. The summed E-state index contributed by atoms with van der Waals surface area (Å²) in [6.45, 7) is 0. The minimum Gasteiger partial charge on any atom is -0.481 e. The van der Waals surface area contributed by atoms with Crippen LogP contribution in [0.2, 0.25) is 5.02 Å². The first-order chi connectivity index (χ1) is 7.09. The molecule has 1 aliphatic carbocycles. The van der Waals surface area contributed by atoms with Gasteiger partial charge in [-0.25, -0.2) is 0 Å². The van der Waals surface area contributed by atoms with Gasteiger partial charge in [0.05, 0.1) is 12.0 Å². The Balaban J connectivity index is 2.41. The van der Waals surface area contributed by atoms with Crippen molar-refractivity contribution >= 4 is 17.6 Å². The second kappa shape index (κ2) is 3.83. The number of benzene rings is 1. The topological polar surface area (TPSA) is 57.5 Å². The molecule has 2 rings (SSSR count). The summed E-state index contributed by atoms with van der Waals surface area (Å²) < 4.78 is 0. The van der Waals surface area contributed by atoms with Crippen molar-refractivity contribution in [1.29, 1.82) is 0 Å². The summed E-state index contributed by atoms with van der Waals surface area (Å²) in [5.74, 6) is -1.41. The molecule has 0 bridgehead atoms. The maximum Gasteiger partial charge on any atom is 0.306 e. The average Bonchev–Trinajstić information content (AvgIpc) is 2.19. The van der Waals surface area contributed by atoms with Crippen molar-refractivity contribution in [2.45, 2.75) is 18.9 Å². The van der Waals surface area contributed by atoms with Crippen LogP contribution in [0.25, 0.3) is 0 Å². The molecule has 3 nitrogen and oxygen atoms in total. The monoisotopic (exact) mass is 226 g/mol. The Kier molecular flexibility index (Phi) is 2.67. The van der Waals surface area contributed by atoms with Gasteiger partial charge < -0.3 is 10.2 Å². The number of halogens is 1.